The number of fused-ring (bicyclic) bond motifs is 1. The fourth-order valence-electron chi connectivity index (χ4n) is 5.43. The lowest BCUT2D eigenvalue weighted by Crippen LogP contribution is -2.49. The summed E-state index contributed by atoms with van der Waals surface area (Å²) in [4.78, 5) is 2.51. The van der Waals surface area contributed by atoms with Crippen molar-refractivity contribution in [2.24, 2.45) is 0 Å². The lowest BCUT2D eigenvalue weighted by Gasteiger charge is -2.42. The molecule has 168 valence electrons. The quantitative estimate of drug-likeness (QED) is 0.556. The molecular formula is C28H34N2O2. The Morgan fingerprint density at radius 1 is 0.875 bits per heavy atom. The maximum atomic E-state index is 11.7. The lowest BCUT2D eigenvalue weighted by molar-refractivity contribution is -0.0316. The van der Waals surface area contributed by atoms with Gasteiger partial charge in [-0.3, -0.25) is 0 Å². The van der Waals surface area contributed by atoms with Crippen LogP contribution in [-0.4, -0.2) is 48.3 Å². The maximum absolute atomic E-state index is 11.7. The van der Waals surface area contributed by atoms with E-state index in [0.29, 0.717) is 0 Å². The first-order chi connectivity index (χ1) is 15.7. The van der Waals surface area contributed by atoms with Crippen LogP contribution in [0.25, 0.3) is 10.8 Å². The average Bonchev–Trinajstić information content (AvgIpc) is 2.84. The van der Waals surface area contributed by atoms with Crippen molar-refractivity contribution in [3.63, 3.8) is 0 Å². The van der Waals surface area contributed by atoms with Crippen LogP contribution in [0.4, 0.5) is 0 Å². The Bertz CT molecular complexity index is 1020. The van der Waals surface area contributed by atoms with Crippen molar-refractivity contribution >= 4 is 10.8 Å². The number of hydrogen-bond donors (Lipinski definition) is 2. The van der Waals surface area contributed by atoms with E-state index in [-0.39, 0.29) is 5.92 Å². The molecule has 0 radical (unpaired) electrons. The van der Waals surface area contributed by atoms with Gasteiger partial charge in [0, 0.05) is 44.0 Å². The predicted octanol–water partition coefficient (Wildman–Crippen LogP) is 5.32. The van der Waals surface area contributed by atoms with Gasteiger partial charge in [-0.2, -0.15) is 0 Å². The number of ether oxygens (including phenoxy) is 1. The van der Waals surface area contributed by atoms with Gasteiger partial charge in [0.05, 0.1) is 5.60 Å². The Kier molecular flexibility index (Phi) is 6.44. The van der Waals surface area contributed by atoms with Gasteiger partial charge in [0.25, 0.3) is 0 Å². The summed E-state index contributed by atoms with van der Waals surface area (Å²) in [5.41, 5.74) is 0.611. The smallest absolute Gasteiger partial charge is 0.135 e. The van der Waals surface area contributed by atoms with Gasteiger partial charge >= 0.3 is 0 Å². The highest BCUT2D eigenvalue weighted by Gasteiger charge is 2.39. The Balaban J connectivity index is 1.38. The molecule has 3 aromatic rings. The monoisotopic (exact) mass is 430 g/mol. The van der Waals surface area contributed by atoms with Gasteiger partial charge in [0.2, 0.25) is 0 Å². The molecule has 5 rings (SSSR count). The molecule has 2 fully saturated rings. The number of hydrogen-bond acceptors (Lipinski definition) is 4. The summed E-state index contributed by atoms with van der Waals surface area (Å²) < 4.78 is 6.27. The highest BCUT2D eigenvalue weighted by molar-refractivity contribution is 5.88. The van der Waals surface area contributed by atoms with Gasteiger partial charge in [0.1, 0.15) is 11.5 Å². The van der Waals surface area contributed by atoms with Crippen molar-refractivity contribution in [3.8, 4) is 11.5 Å². The van der Waals surface area contributed by atoms with Crippen LogP contribution in [0.2, 0.25) is 0 Å². The fourth-order valence-corrected chi connectivity index (χ4v) is 5.43. The normalized spacial score (nSPS) is 20.2. The molecule has 1 aliphatic heterocycles. The van der Waals surface area contributed by atoms with E-state index in [2.05, 4.69) is 58.7 Å². The van der Waals surface area contributed by atoms with Gasteiger partial charge in [-0.25, -0.2) is 0 Å². The third-order valence-electron chi connectivity index (χ3n) is 7.28. The lowest BCUT2D eigenvalue weighted by atomic mass is 9.72. The molecule has 1 saturated carbocycles. The van der Waals surface area contributed by atoms with Gasteiger partial charge in [0.15, 0.2) is 0 Å². The van der Waals surface area contributed by atoms with Gasteiger partial charge < -0.3 is 20.1 Å². The standard InChI is InChI=1S/C28H34N2O2/c31-28(15-4-1-5-16-28)26(21-30-19-17-29-18-20-30)23-11-13-24(14-12-23)32-27-10-6-8-22-7-2-3-9-25(22)27/h2-3,6-14,26,29,31H,1,4-5,15-21H2. The second kappa shape index (κ2) is 9.62. The number of rotatable bonds is 6. The Morgan fingerprint density at radius 3 is 2.38 bits per heavy atom. The average molecular weight is 431 g/mol. The maximum Gasteiger partial charge on any atom is 0.135 e. The number of benzene rings is 3. The third-order valence-corrected chi connectivity index (χ3v) is 7.28. The zero-order valence-electron chi connectivity index (χ0n) is 18.8. The second-order valence-electron chi connectivity index (χ2n) is 9.42. The molecule has 1 atom stereocenters. The summed E-state index contributed by atoms with van der Waals surface area (Å²) in [5.74, 6) is 1.84. The molecule has 0 aromatic heterocycles. The SMILES string of the molecule is OC1(C(CN2CCNCC2)c2ccc(Oc3cccc4ccccc34)cc2)CCCCC1. The van der Waals surface area contributed by atoms with E-state index in [4.69, 9.17) is 4.74 Å². The summed E-state index contributed by atoms with van der Waals surface area (Å²) in [6.07, 6.45) is 5.28. The molecule has 1 heterocycles. The number of nitrogens with zero attached hydrogens (tertiary/aromatic N) is 1. The number of aliphatic hydroxyl groups is 1. The van der Waals surface area contributed by atoms with E-state index in [1.807, 2.05) is 18.2 Å². The molecule has 2 N–H and O–H groups in total. The molecule has 1 unspecified atom stereocenters. The van der Waals surface area contributed by atoms with Crippen LogP contribution < -0.4 is 10.1 Å². The van der Waals surface area contributed by atoms with Crippen LogP contribution in [0.5, 0.6) is 11.5 Å². The molecule has 1 aliphatic carbocycles. The van der Waals surface area contributed by atoms with Crippen molar-refractivity contribution in [2.75, 3.05) is 32.7 Å². The van der Waals surface area contributed by atoms with Crippen LogP contribution >= 0.6 is 0 Å². The van der Waals surface area contributed by atoms with E-state index < -0.39 is 5.60 Å². The van der Waals surface area contributed by atoms with E-state index in [9.17, 15) is 5.11 Å². The van der Waals surface area contributed by atoms with Crippen molar-refractivity contribution in [3.05, 3.63) is 72.3 Å². The third kappa shape index (κ3) is 4.68. The topological polar surface area (TPSA) is 44.7 Å². The van der Waals surface area contributed by atoms with Gasteiger partial charge in [-0.1, -0.05) is 67.8 Å². The molecule has 1 saturated heterocycles. The molecule has 0 spiro atoms. The first-order valence-corrected chi connectivity index (χ1v) is 12.1. The fraction of sp³-hybridized carbons (Fsp3) is 0.429. The van der Waals surface area contributed by atoms with Crippen LogP contribution in [0.1, 0.15) is 43.6 Å². The highest BCUT2D eigenvalue weighted by atomic mass is 16.5. The minimum Gasteiger partial charge on any atom is -0.457 e. The number of piperazine rings is 1. The molecule has 0 bridgehead atoms. The van der Waals surface area contributed by atoms with Gasteiger partial charge in [-0.15, -0.1) is 0 Å². The van der Waals surface area contributed by atoms with Crippen LogP contribution in [0.3, 0.4) is 0 Å². The minimum absolute atomic E-state index is 0.132. The molecule has 4 nitrogen and oxygen atoms in total. The molecule has 0 amide bonds. The Hall–Kier alpha value is -2.40. The summed E-state index contributed by atoms with van der Waals surface area (Å²) in [6, 6.07) is 22.9. The van der Waals surface area contributed by atoms with Crippen molar-refractivity contribution in [1.29, 1.82) is 0 Å². The van der Waals surface area contributed by atoms with E-state index in [0.717, 1.165) is 75.3 Å². The Morgan fingerprint density at radius 2 is 1.59 bits per heavy atom. The van der Waals surface area contributed by atoms with Crippen LogP contribution in [-0.2, 0) is 0 Å². The minimum atomic E-state index is -0.610. The van der Waals surface area contributed by atoms with Crippen molar-refractivity contribution in [1.82, 2.24) is 10.2 Å². The van der Waals surface area contributed by atoms with E-state index >= 15 is 0 Å². The second-order valence-corrected chi connectivity index (χ2v) is 9.42. The van der Waals surface area contributed by atoms with Crippen molar-refractivity contribution in [2.45, 2.75) is 43.6 Å². The number of nitrogens with one attached hydrogen (secondary N) is 1. The summed E-state index contributed by atoms with van der Waals surface area (Å²) in [7, 11) is 0. The highest BCUT2D eigenvalue weighted by Crippen LogP contribution is 2.41. The van der Waals surface area contributed by atoms with Gasteiger partial charge in [-0.05, 0) is 42.0 Å². The summed E-state index contributed by atoms with van der Waals surface area (Å²) in [5, 5.41) is 17.4. The van der Waals surface area contributed by atoms with Crippen LogP contribution in [0.15, 0.2) is 66.7 Å². The molecule has 32 heavy (non-hydrogen) atoms. The first kappa shape index (κ1) is 21.4. The van der Waals surface area contributed by atoms with Crippen LogP contribution in [0, 0.1) is 0 Å². The first-order valence-electron chi connectivity index (χ1n) is 12.1. The summed E-state index contributed by atoms with van der Waals surface area (Å²) >= 11 is 0. The summed E-state index contributed by atoms with van der Waals surface area (Å²) in [6.45, 7) is 5.08. The largest absolute Gasteiger partial charge is 0.457 e. The predicted molar refractivity (Wildman–Crippen MR) is 131 cm³/mol. The zero-order chi connectivity index (χ0) is 21.8. The molecular weight excluding hydrogens is 396 g/mol. The van der Waals surface area contributed by atoms with E-state index in [1.165, 1.54) is 17.4 Å². The van der Waals surface area contributed by atoms with E-state index in [1.54, 1.807) is 0 Å². The molecule has 3 aromatic carbocycles. The Labute approximate surface area is 191 Å². The molecule has 2 aliphatic rings. The molecule has 4 heteroatoms. The zero-order valence-corrected chi connectivity index (χ0v) is 18.8. The van der Waals surface area contributed by atoms with Crippen molar-refractivity contribution < 1.29 is 9.84 Å².